The summed E-state index contributed by atoms with van der Waals surface area (Å²) in [4.78, 5) is 17.5. The van der Waals surface area contributed by atoms with Crippen molar-refractivity contribution < 1.29 is 19.0 Å². The fourth-order valence-corrected chi connectivity index (χ4v) is 4.17. The largest absolute Gasteiger partial charge is 0.497 e. The minimum atomic E-state index is -0.173. The molecule has 4 rings (SSSR count). The first-order valence-electron chi connectivity index (χ1n) is 10.2. The van der Waals surface area contributed by atoms with Gasteiger partial charge in [0, 0.05) is 17.0 Å². The SMILES string of the molecule is COc1cccc(-c2csc(-n3nc(C)cc3NC(=O)Cc3ccc(OC)c(OC)c3)n2)c1. The van der Waals surface area contributed by atoms with E-state index in [9.17, 15) is 4.79 Å². The number of anilines is 1. The Bertz CT molecular complexity index is 1280. The van der Waals surface area contributed by atoms with E-state index >= 15 is 0 Å². The third kappa shape index (κ3) is 4.98. The third-order valence-corrected chi connectivity index (χ3v) is 5.77. The Hall–Kier alpha value is -3.85. The normalized spacial score (nSPS) is 10.7. The molecule has 9 heteroatoms. The molecule has 170 valence electrons. The van der Waals surface area contributed by atoms with Crippen LogP contribution in [0.4, 0.5) is 5.82 Å². The number of nitrogens with one attached hydrogen (secondary N) is 1. The summed E-state index contributed by atoms with van der Waals surface area (Å²) in [7, 11) is 4.78. The number of amides is 1. The van der Waals surface area contributed by atoms with Crippen molar-refractivity contribution >= 4 is 23.1 Å². The summed E-state index contributed by atoms with van der Waals surface area (Å²) in [5, 5.41) is 10.1. The molecule has 1 N–H and O–H groups in total. The number of hydrogen-bond donors (Lipinski definition) is 1. The third-order valence-electron chi connectivity index (χ3n) is 4.95. The fourth-order valence-electron chi connectivity index (χ4n) is 3.37. The molecule has 0 aliphatic carbocycles. The van der Waals surface area contributed by atoms with Crippen LogP contribution in [-0.2, 0) is 11.2 Å². The Kier molecular flexibility index (Phi) is 6.60. The molecule has 0 bridgehead atoms. The molecule has 2 heterocycles. The van der Waals surface area contributed by atoms with E-state index in [1.54, 1.807) is 38.1 Å². The maximum atomic E-state index is 12.8. The zero-order chi connectivity index (χ0) is 23.4. The van der Waals surface area contributed by atoms with Gasteiger partial charge in [0.25, 0.3) is 0 Å². The molecular formula is C24H24N4O4S. The van der Waals surface area contributed by atoms with E-state index in [2.05, 4.69) is 10.4 Å². The van der Waals surface area contributed by atoms with Gasteiger partial charge in [-0.05, 0) is 36.8 Å². The fraction of sp³-hybridized carbons (Fsp3) is 0.208. The van der Waals surface area contributed by atoms with E-state index in [1.165, 1.54) is 11.3 Å². The van der Waals surface area contributed by atoms with Crippen LogP contribution >= 0.6 is 11.3 Å². The predicted octanol–water partition coefficient (Wildman–Crippen LogP) is 4.51. The maximum Gasteiger partial charge on any atom is 0.229 e. The Morgan fingerprint density at radius 3 is 2.61 bits per heavy atom. The number of aryl methyl sites for hydroxylation is 1. The molecule has 0 fully saturated rings. The van der Waals surface area contributed by atoms with E-state index in [-0.39, 0.29) is 12.3 Å². The number of thiazole rings is 1. The highest BCUT2D eigenvalue weighted by molar-refractivity contribution is 7.12. The number of carbonyl (C=O) groups excluding carboxylic acids is 1. The van der Waals surface area contributed by atoms with E-state index < -0.39 is 0 Å². The van der Waals surface area contributed by atoms with Crippen molar-refractivity contribution in [3.8, 4) is 33.6 Å². The van der Waals surface area contributed by atoms with Crippen molar-refractivity contribution in [1.82, 2.24) is 14.8 Å². The van der Waals surface area contributed by atoms with Crippen molar-refractivity contribution in [3.05, 3.63) is 65.2 Å². The lowest BCUT2D eigenvalue weighted by molar-refractivity contribution is -0.115. The standard InChI is InChI=1S/C24H24N4O4S/c1-15-10-22(26-23(29)12-16-8-9-20(31-3)21(11-16)32-4)28(27-15)24-25-19(14-33-24)17-6-5-7-18(13-17)30-2/h5-11,13-14H,12H2,1-4H3,(H,26,29). The van der Waals surface area contributed by atoms with E-state index in [4.69, 9.17) is 19.2 Å². The van der Waals surface area contributed by atoms with E-state index in [0.717, 1.165) is 28.3 Å². The number of hydrogen-bond acceptors (Lipinski definition) is 7. The Balaban J connectivity index is 1.53. The Labute approximate surface area is 195 Å². The number of ether oxygens (including phenoxy) is 3. The predicted molar refractivity (Wildman–Crippen MR) is 128 cm³/mol. The molecule has 33 heavy (non-hydrogen) atoms. The van der Waals surface area contributed by atoms with E-state index in [1.807, 2.05) is 48.7 Å². The molecule has 0 saturated carbocycles. The quantitative estimate of drug-likeness (QED) is 0.413. The van der Waals surface area contributed by atoms with Gasteiger partial charge >= 0.3 is 0 Å². The zero-order valence-corrected chi connectivity index (χ0v) is 19.6. The number of rotatable bonds is 8. The van der Waals surface area contributed by atoms with Crippen molar-refractivity contribution in [2.75, 3.05) is 26.6 Å². The Morgan fingerprint density at radius 1 is 1.03 bits per heavy atom. The molecule has 4 aromatic rings. The van der Waals surface area contributed by atoms with Gasteiger partial charge in [0.1, 0.15) is 11.6 Å². The molecule has 0 aliphatic rings. The first-order chi connectivity index (χ1) is 16.0. The van der Waals surface area contributed by atoms with Gasteiger partial charge in [-0.1, -0.05) is 18.2 Å². The lowest BCUT2D eigenvalue weighted by Crippen LogP contribution is -2.17. The van der Waals surface area contributed by atoms with Gasteiger partial charge in [-0.25, -0.2) is 4.98 Å². The lowest BCUT2D eigenvalue weighted by Gasteiger charge is -2.10. The van der Waals surface area contributed by atoms with Crippen molar-refractivity contribution in [2.45, 2.75) is 13.3 Å². The summed E-state index contributed by atoms with van der Waals surface area (Å²) >= 11 is 1.45. The minimum absolute atomic E-state index is 0.173. The van der Waals surface area contributed by atoms with Crippen molar-refractivity contribution in [2.24, 2.45) is 0 Å². The van der Waals surface area contributed by atoms with Gasteiger partial charge in [-0.3, -0.25) is 4.79 Å². The van der Waals surface area contributed by atoms with Gasteiger partial charge < -0.3 is 19.5 Å². The summed E-state index contributed by atoms with van der Waals surface area (Å²) < 4.78 is 17.5. The lowest BCUT2D eigenvalue weighted by atomic mass is 10.1. The summed E-state index contributed by atoms with van der Waals surface area (Å²) in [5.41, 5.74) is 3.33. The van der Waals surface area contributed by atoms with Gasteiger partial charge in [-0.15, -0.1) is 11.3 Å². The summed E-state index contributed by atoms with van der Waals surface area (Å²) in [5.74, 6) is 2.35. The molecule has 0 spiro atoms. The zero-order valence-electron chi connectivity index (χ0n) is 18.8. The van der Waals surface area contributed by atoms with Crippen LogP contribution < -0.4 is 19.5 Å². The second kappa shape index (κ2) is 9.74. The van der Waals surface area contributed by atoms with Crippen LogP contribution in [0, 0.1) is 6.92 Å². The maximum absolute atomic E-state index is 12.8. The highest BCUT2D eigenvalue weighted by atomic mass is 32.1. The molecule has 1 amide bonds. The molecule has 8 nitrogen and oxygen atoms in total. The number of methoxy groups -OCH3 is 3. The number of carbonyl (C=O) groups is 1. The molecule has 0 unspecified atom stereocenters. The molecule has 0 radical (unpaired) electrons. The summed E-state index contributed by atoms with van der Waals surface area (Å²) in [6.07, 6.45) is 0.178. The van der Waals surface area contributed by atoms with E-state index in [0.29, 0.717) is 22.4 Å². The van der Waals surface area contributed by atoms with Gasteiger partial charge in [-0.2, -0.15) is 9.78 Å². The van der Waals surface area contributed by atoms with Crippen LogP contribution in [0.25, 0.3) is 16.4 Å². The van der Waals surface area contributed by atoms with Crippen LogP contribution in [0.1, 0.15) is 11.3 Å². The molecular weight excluding hydrogens is 440 g/mol. The molecule has 2 aromatic carbocycles. The number of aromatic nitrogens is 3. The molecule has 2 aromatic heterocycles. The monoisotopic (exact) mass is 464 g/mol. The van der Waals surface area contributed by atoms with Gasteiger partial charge in [0.2, 0.25) is 11.0 Å². The molecule has 0 saturated heterocycles. The molecule has 0 atom stereocenters. The average Bonchev–Trinajstić information content (AvgIpc) is 3.45. The van der Waals surface area contributed by atoms with Crippen LogP contribution in [0.2, 0.25) is 0 Å². The summed E-state index contributed by atoms with van der Waals surface area (Å²) in [6.45, 7) is 1.87. The summed E-state index contributed by atoms with van der Waals surface area (Å²) in [6, 6.07) is 14.9. The Morgan fingerprint density at radius 2 is 1.85 bits per heavy atom. The first-order valence-corrected chi connectivity index (χ1v) is 11.1. The van der Waals surface area contributed by atoms with Crippen molar-refractivity contribution in [3.63, 3.8) is 0 Å². The second-order valence-electron chi connectivity index (χ2n) is 7.24. The number of benzene rings is 2. The van der Waals surface area contributed by atoms with Crippen LogP contribution in [0.5, 0.6) is 17.2 Å². The van der Waals surface area contributed by atoms with Gasteiger partial charge in [0.05, 0.1) is 39.1 Å². The molecule has 0 aliphatic heterocycles. The highest BCUT2D eigenvalue weighted by Crippen LogP contribution is 2.29. The van der Waals surface area contributed by atoms with Crippen LogP contribution in [-0.4, -0.2) is 42.0 Å². The smallest absolute Gasteiger partial charge is 0.229 e. The topological polar surface area (TPSA) is 87.5 Å². The first kappa shape index (κ1) is 22.3. The van der Waals surface area contributed by atoms with Crippen molar-refractivity contribution in [1.29, 1.82) is 0 Å². The minimum Gasteiger partial charge on any atom is -0.497 e. The van der Waals surface area contributed by atoms with Crippen LogP contribution in [0.3, 0.4) is 0 Å². The second-order valence-corrected chi connectivity index (χ2v) is 8.08. The number of nitrogens with zero attached hydrogens (tertiary/aromatic N) is 3. The van der Waals surface area contributed by atoms with Gasteiger partial charge in [0.15, 0.2) is 11.5 Å². The average molecular weight is 465 g/mol. The van der Waals surface area contributed by atoms with Crippen LogP contribution in [0.15, 0.2) is 53.9 Å². The highest BCUT2D eigenvalue weighted by Gasteiger charge is 2.16.